The maximum atomic E-state index is 12.2. The standard InChI is InChI=1S/C17H15ClN2O5S/c1-2-26(24,25)19-14-6-3-12(4-7-14)17(21)10-5-13-11-15(20(22)23)8-9-16(13)18/h3-11,19H,2H2,1H3. The Labute approximate surface area is 155 Å². The van der Waals surface area contributed by atoms with Crippen LogP contribution in [0.2, 0.25) is 5.02 Å². The zero-order valence-electron chi connectivity index (χ0n) is 13.7. The van der Waals surface area contributed by atoms with E-state index in [0.717, 1.165) is 0 Å². The van der Waals surface area contributed by atoms with Crippen LogP contribution < -0.4 is 4.72 Å². The number of anilines is 1. The minimum atomic E-state index is -3.39. The van der Waals surface area contributed by atoms with E-state index >= 15 is 0 Å². The molecular formula is C17H15ClN2O5S. The summed E-state index contributed by atoms with van der Waals surface area (Å²) in [6, 6.07) is 9.86. The second kappa shape index (κ2) is 8.11. The SMILES string of the molecule is CCS(=O)(=O)Nc1ccc(C(=O)C=Cc2cc([N+](=O)[O-])ccc2Cl)cc1. The van der Waals surface area contributed by atoms with Crippen molar-refractivity contribution in [2.75, 3.05) is 10.5 Å². The number of hydrogen-bond donors (Lipinski definition) is 1. The number of nitrogens with zero attached hydrogens (tertiary/aromatic N) is 1. The third-order valence-corrected chi connectivity index (χ3v) is 5.08. The van der Waals surface area contributed by atoms with Crippen LogP contribution in [0.4, 0.5) is 11.4 Å². The van der Waals surface area contributed by atoms with Crippen molar-refractivity contribution < 1.29 is 18.1 Å². The lowest BCUT2D eigenvalue weighted by Crippen LogP contribution is -2.14. The molecule has 26 heavy (non-hydrogen) atoms. The molecule has 1 N–H and O–H groups in total. The van der Waals surface area contributed by atoms with Gasteiger partial charge in [0.2, 0.25) is 10.0 Å². The highest BCUT2D eigenvalue weighted by Gasteiger charge is 2.10. The average molecular weight is 395 g/mol. The highest BCUT2D eigenvalue weighted by Crippen LogP contribution is 2.23. The van der Waals surface area contributed by atoms with Gasteiger partial charge in [0.15, 0.2) is 5.78 Å². The summed E-state index contributed by atoms with van der Waals surface area (Å²) < 4.78 is 25.4. The Balaban J connectivity index is 2.16. The highest BCUT2D eigenvalue weighted by molar-refractivity contribution is 7.92. The van der Waals surface area contributed by atoms with E-state index in [9.17, 15) is 23.3 Å². The molecule has 0 atom stereocenters. The lowest BCUT2D eigenvalue weighted by molar-refractivity contribution is -0.384. The Morgan fingerprint density at radius 2 is 1.88 bits per heavy atom. The molecule has 0 bridgehead atoms. The van der Waals surface area contributed by atoms with Crippen LogP contribution in [-0.2, 0) is 10.0 Å². The van der Waals surface area contributed by atoms with Gasteiger partial charge in [0, 0.05) is 28.4 Å². The molecule has 0 heterocycles. The van der Waals surface area contributed by atoms with Gasteiger partial charge in [-0.05, 0) is 55.0 Å². The molecule has 0 aliphatic rings. The van der Waals surface area contributed by atoms with E-state index < -0.39 is 14.9 Å². The molecule has 0 radical (unpaired) electrons. The van der Waals surface area contributed by atoms with Crippen LogP contribution in [0, 0.1) is 10.1 Å². The lowest BCUT2D eigenvalue weighted by atomic mass is 10.1. The van der Waals surface area contributed by atoms with Gasteiger partial charge in [-0.15, -0.1) is 0 Å². The number of carbonyl (C=O) groups is 1. The third-order valence-electron chi connectivity index (χ3n) is 3.43. The zero-order chi connectivity index (χ0) is 19.3. The van der Waals surface area contributed by atoms with Crippen LogP contribution in [-0.4, -0.2) is 24.9 Å². The summed E-state index contributed by atoms with van der Waals surface area (Å²) in [6.07, 6.45) is 2.64. The minimum Gasteiger partial charge on any atom is -0.289 e. The van der Waals surface area contributed by atoms with E-state index in [1.807, 2.05) is 0 Å². The lowest BCUT2D eigenvalue weighted by Gasteiger charge is -2.06. The number of ketones is 1. The van der Waals surface area contributed by atoms with Crippen molar-refractivity contribution in [3.63, 3.8) is 0 Å². The van der Waals surface area contributed by atoms with Gasteiger partial charge in [-0.25, -0.2) is 8.42 Å². The molecular weight excluding hydrogens is 380 g/mol. The number of benzene rings is 2. The molecule has 0 saturated heterocycles. The molecule has 2 aromatic rings. The van der Waals surface area contributed by atoms with E-state index in [1.165, 1.54) is 61.5 Å². The van der Waals surface area contributed by atoms with Crippen molar-refractivity contribution in [1.29, 1.82) is 0 Å². The molecule has 0 fully saturated rings. The maximum Gasteiger partial charge on any atom is 0.270 e. The van der Waals surface area contributed by atoms with Gasteiger partial charge >= 0.3 is 0 Å². The monoisotopic (exact) mass is 394 g/mol. The number of sulfonamides is 1. The first-order valence-electron chi connectivity index (χ1n) is 7.49. The number of hydrogen-bond acceptors (Lipinski definition) is 5. The summed E-state index contributed by atoms with van der Waals surface area (Å²) in [6.45, 7) is 1.52. The fourth-order valence-electron chi connectivity index (χ4n) is 1.99. The number of non-ortho nitro benzene ring substituents is 1. The minimum absolute atomic E-state index is 0.0552. The van der Waals surface area contributed by atoms with Gasteiger partial charge in [0.25, 0.3) is 5.69 Å². The topological polar surface area (TPSA) is 106 Å². The van der Waals surface area contributed by atoms with E-state index in [4.69, 9.17) is 11.6 Å². The molecule has 2 aromatic carbocycles. The van der Waals surface area contributed by atoms with E-state index in [1.54, 1.807) is 0 Å². The summed E-state index contributed by atoms with van der Waals surface area (Å²) in [7, 11) is -3.39. The maximum absolute atomic E-state index is 12.2. The molecule has 0 aromatic heterocycles. The Hall–Kier alpha value is -2.71. The van der Waals surface area contributed by atoms with Crippen LogP contribution >= 0.6 is 11.6 Å². The molecule has 0 unspecified atom stereocenters. The fourth-order valence-corrected chi connectivity index (χ4v) is 2.81. The van der Waals surface area contributed by atoms with Gasteiger partial charge in [-0.2, -0.15) is 0 Å². The Morgan fingerprint density at radius 3 is 2.46 bits per heavy atom. The van der Waals surface area contributed by atoms with E-state index in [2.05, 4.69) is 4.72 Å². The van der Waals surface area contributed by atoms with E-state index in [0.29, 0.717) is 16.8 Å². The molecule has 0 saturated carbocycles. The van der Waals surface area contributed by atoms with Crippen molar-refractivity contribution in [2.24, 2.45) is 0 Å². The Bertz CT molecular complexity index is 969. The number of carbonyl (C=O) groups excluding carboxylic acids is 1. The fraction of sp³-hybridized carbons (Fsp3) is 0.118. The normalized spacial score (nSPS) is 11.5. The summed E-state index contributed by atoms with van der Waals surface area (Å²) in [5.74, 6) is -0.405. The van der Waals surface area contributed by atoms with Crippen molar-refractivity contribution in [3.05, 3.63) is 74.8 Å². The predicted molar refractivity (Wildman–Crippen MR) is 101 cm³/mol. The molecule has 0 aliphatic carbocycles. The first-order valence-corrected chi connectivity index (χ1v) is 9.52. The number of halogens is 1. The number of nitrogens with one attached hydrogen (secondary N) is 1. The summed E-state index contributed by atoms with van der Waals surface area (Å²) in [4.78, 5) is 22.4. The first kappa shape index (κ1) is 19.6. The largest absolute Gasteiger partial charge is 0.289 e. The third kappa shape index (κ3) is 5.14. The summed E-state index contributed by atoms with van der Waals surface area (Å²) in [5.41, 5.74) is 0.909. The molecule has 0 spiro atoms. The van der Waals surface area contributed by atoms with Gasteiger partial charge in [-0.1, -0.05) is 11.6 Å². The first-order chi connectivity index (χ1) is 12.2. The molecule has 0 aliphatic heterocycles. The van der Waals surface area contributed by atoms with Crippen LogP contribution in [0.5, 0.6) is 0 Å². The van der Waals surface area contributed by atoms with Crippen molar-refractivity contribution >= 4 is 44.9 Å². The molecule has 9 heteroatoms. The van der Waals surface area contributed by atoms with Crippen LogP contribution in [0.3, 0.4) is 0 Å². The summed E-state index contributed by atoms with van der Waals surface area (Å²) >= 11 is 5.98. The Morgan fingerprint density at radius 1 is 1.23 bits per heavy atom. The summed E-state index contributed by atoms with van der Waals surface area (Å²) in [5, 5.41) is 11.1. The quantitative estimate of drug-likeness (QED) is 0.331. The average Bonchev–Trinajstić information content (AvgIpc) is 2.61. The van der Waals surface area contributed by atoms with E-state index in [-0.39, 0.29) is 22.2 Å². The van der Waals surface area contributed by atoms with Gasteiger partial charge in [-0.3, -0.25) is 19.6 Å². The highest BCUT2D eigenvalue weighted by atomic mass is 35.5. The number of nitro benzene ring substituents is 1. The smallest absolute Gasteiger partial charge is 0.270 e. The van der Waals surface area contributed by atoms with Crippen molar-refractivity contribution in [2.45, 2.75) is 6.92 Å². The number of allylic oxidation sites excluding steroid dienone is 1. The molecule has 0 amide bonds. The van der Waals surface area contributed by atoms with Crippen LogP contribution in [0.25, 0.3) is 6.08 Å². The van der Waals surface area contributed by atoms with Crippen molar-refractivity contribution in [1.82, 2.24) is 0 Å². The number of rotatable bonds is 7. The second-order valence-corrected chi connectivity index (χ2v) is 7.66. The van der Waals surface area contributed by atoms with Crippen molar-refractivity contribution in [3.8, 4) is 0 Å². The molecule has 2 rings (SSSR count). The zero-order valence-corrected chi connectivity index (χ0v) is 15.3. The van der Waals surface area contributed by atoms with Crippen LogP contribution in [0.15, 0.2) is 48.5 Å². The van der Waals surface area contributed by atoms with Crippen LogP contribution in [0.1, 0.15) is 22.8 Å². The second-order valence-electron chi connectivity index (χ2n) is 5.24. The molecule has 7 nitrogen and oxygen atoms in total. The van der Waals surface area contributed by atoms with Gasteiger partial charge < -0.3 is 0 Å². The van der Waals surface area contributed by atoms with Gasteiger partial charge in [0.1, 0.15) is 0 Å². The Kier molecular flexibility index (Phi) is 6.12. The number of nitro groups is 1. The predicted octanol–water partition coefficient (Wildman–Crippen LogP) is 3.91. The molecule has 136 valence electrons. The van der Waals surface area contributed by atoms with Gasteiger partial charge in [0.05, 0.1) is 10.7 Å².